The molecule has 6 heteroatoms. The lowest BCUT2D eigenvalue weighted by Crippen LogP contribution is -2.43. The molecule has 2 aromatic rings. The number of anilines is 1. The van der Waals surface area contributed by atoms with Gasteiger partial charge in [0.2, 0.25) is 0 Å². The van der Waals surface area contributed by atoms with E-state index in [1.54, 1.807) is 4.90 Å². The molecule has 0 bridgehead atoms. The number of carbonyl (C=O) groups excluding carboxylic acids is 1. The second-order valence-corrected chi connectivity index (χ2v) is 5.69. The average molecular weight is 303 g/mol. The molecule has 0 radical (unpaired) electrons. The molecular weight excluding hydrogens is 286 g/mol. The van der Waals surface area contributed by atoms with Crippen molar-refractivity contribution in [3.8, 4) is 5.75 Å². The molecule has 0 fully saturated rings. The minimum atomic E-state index is -0.0314. The van der Waals surface area contributed by atoms with Crippen LogP contribution >= 0.6 is 11.5 Å². The molecule has 1 aromatic carbocycles. The van der Waals surface area contributed by atoms with Gasteiger partial charge in [0.15, 0.2) is 0 Å². The lowest BCUT2D eigenvalue weighted by molar-refractivity contribution is 0.0957. The Morgan fingerprint density at radius 2 is 2.24 bits per heavy atom. The molecular formula is C15H17N3O2S. The van der Waals surface area contributed by atoms with Gasteiger partial charge in [-0.25, -0.2) is 0 Å². The highest BCUT2D eigenvalue weighted by atomic mass is 32.1. The molecule has 2 heterocycles. The number of aryl methyl sites for hydroxylation is 1. The van der Waals surface area contributed by atoms with Crippen LogP contribution in [-0.2, 0) is 6.42 Å². The van der Waals surface area contributed by atoms with Crippen molar-refractivity contribution < 1.29 is 9.53 Å². The van der Waals surface area contributed by atoms with E-state index in [1.165, 1.54) is 11.5 Å². The van der Waals surface area contributed by atoms with Gasteiger partial charge < -0.3 is 9.64 Å². The van der Waals surface area contributed by atoms with Gasteiger partial charge in [-0.2, -0.15) is 0 Å². The van der Waals surface area contributed by atoms with Crippen LogP contribution in [0.1, 0.15) is 35.6 Å². The molecule has 1 atom stereocenters. The van der Waals surface area contributed by atoms with Crippen LogP contribution in [0, 0.1) is 0 Å². The summed E-state index contributed by atoms with van der Waals surface area (Å²) in [4.78, 5) is 15.3. The number of fused-ring (bicyclic) bond motifs is 1. The smallest absolute Gasteiger partial charge is 0.272 e. The second-order valence-electron chi connectivity index (χ2n) is 4.93. The van der Waals surface area contributed by atoms with Crippen molar-refractivity contribution in [2.75, 3.05) is 11.4 Å². The standard InChI is InChI=1S/C15H17N3O2S/c1-3-10-9-18(12-7-5-6-8-13(12)20-10)15(19)14-11(4-2)16-17-21-14/h5-8,10H,3-4,9H2,1-2H3. The predicted octanol–water partition coefficient (Wildman–Crippen LogP) is 2.92. The molecule has 0 spiro atoms. The number of aromatic nitrogens is 2. The maximum absolute atomic E-state index is 12.9. The highest BCUT2D eigenvalue weighted by Gasteiger charge is 2.31. The number of carbonyl (C=O) groups is 1. The molecule has 5 nitrogen and oxygen atoms in total. The predicted molar refractivity (Wildman–Crippen MR) is 82.1 cm³/mol. The van der Waals surface area contributed by atoms with E-state index < -0.39 is 0 Å². The number of hydrogen-bond acceptors (Lipinski definition) is 5. The van der Waals surface area contributed by atoms with E-state index in [4.69, 9.17) is 4.74 Å². The van der Waals surface area contributed by atoms with Crippen LogP contribution in [0.15, 0.2) is 24.3 Å². The fraction of sp³-hybridized carbons (Fsp3) is 0.400. The zero-order valence-electron chi connectivity index (χ0n) is 12.1. The minimum Gasteiger partial charge on any atom is -0.486 e. The van der Waals surface area contributed by atoms with Crippen molar-refractivity contribution in [2.24, 2.45) is 0 Å². The summed E-state index contributed by atoms with van der Waals surface area (Å²) in [5, 5.41) is 4.04. The molecule has 1 amide bonds. The number of benzene rings is 1. The topological polar surface area (TPSA) is 55.3 Å². The third kappa shape index (κ3) is 2.51. The van der Waals surface area contributed by atoms with E-state index in [2.05, 4.69) is 16.5 Å². The molecule has 1 unspecified atom stereocenters. The first-order valence-electron chi connectivity index (χ1n) is 7.13. The Morgan fingerprint density at radius 1 is 1.43 bits per heavy atom. The summed E-state index contributed by atoms with van der Waals surface area (Å²) < 4.78 is 9.83. The second kappa shape index (κ2) is 5.81. The van der Waals surface area contributed by atoms with E-state index in [1.807, 2.05) is 31.2 Å². The maximum Gasteiger partial charge on any atom is 0.272 e. The Bertz CT molecular complexity index is 656. The van der Waals surface area contributed by atoms with Gasteiger partial charge in [-0.3, -0.25) is 4.79 Å². The number of amides is 1. The van der Waals surface area contributed by atoms with Gasteiger partial charge in [-0.1, -0.05) is 30.5 Å². The summed E-state index contributed by atoms with van der Waals surface area (Å²) >= 11 is 1.17. The molecule has 0 saturated carbocycles. The van der Waals surface area contributed by atoms with Crippen LogP contribution in [0.2, 0.25) is 0 Å². The number of rotatable bonds is 3. The Labute approximate surface area is 127 Å². The van der Waals surface area contributed by atoms with Crippen molar-refractivity contribution in [3.63, 3.8) is 0 Å². The Hall–Kier alpha value is -1.95. The highest BCUT2D eigenvalue weighted by Crippen LogP contribution is 2.35. The molecule has 1 aliphatic heterocycles. The number of ether oxygens (including phenoxy) is 1. The summed E-state index contributed by atoms with van der Waals surface area (Å²) in [6.07, 6.45) is 1.59. The summed E-state index contributed by atoms with van der Waals surface area (Å²) in [6, 6.07) is 7.66. The van der Waals surface area contributed by atoms with Crippen molar-refractivity contribution in [1.29, 1.82) is 0 Å². The highest BCUT2D eigenvalue weighted by molar-refractivity contribution is 7.08. The van der Waals surface area contributed by atoms with Crippen LogP contribution in [-0.4, -0.2) is 28.1 Å². The third-order valence-electron chi connectivity index (χ3n) is 3.62. The van der Waals surface area contributed by atoms with Gasteiger partial charge in [0, 0.05) is 0 Å². The summed E-state index contributed by atoms with van der Waals surface area (Å²) in [5.74, 6) is 0.732. The zero-order valence-corrected chi connectivity index (χ0v) is 12.9. The van der Waals surface area contributed by atoms with Gasteiger partial charge in [-0.15, -0.1) is 5.10 Å². The molecule has 3 rings (SSSR count). The van der Waals surface area contributed by atoms with E-state index in [9.17, 15) is 4.79 Å². The summed E-state index contributed by atoms with van der Waals surface area (Å²) in [6.45, 7) is 4.61. The monoisotopic (exact) mass is 303 g/mol. The van der Waals surface area contributed by atoms with Crippen LogP contribution in [0.25, 0.3) is 0 Å². The fourth-order valence-electron chi connectivity index (χ4n) is 2.43. The molecule has 1 aromatic heterocycles. The fourth-order valence-corrected chi connectivity index (χ4v) is 3.13. The van der Waals surface area contributed by atoms with E-state index in [0.717, 1.165) is 23.6 Å². The quantitative estimate of drug-likeness (QED) is 0.875. The number of hydrogen-bond donors (Lipinski definition) is 0. The van der Waals surface area contributed by atoms with Gasteiger partial charge in [0.25, 0.3) is 5.91 Å². The molecule has 1 aliphatic rings. The van der Waals surface area contributed by atoms with E-state index >= 15 is 0 Å². The van der Waals surface area contributed by atoms with Crippen LogP contribution < -0.4 is 9.64 Å². The number of nitrogens with zero attached hydrogens (tertiary/aromatic N) is 3. The first-order chi connectivity index (χ1) is 10.2. The molecule has 21 heavy (non-hydrogen) atoms. The lowest BCUT2D eigenvalue weighted by atomic mass is 10.1. The van der Waals surface area contributed by atoms with E-state index in [0.29, 0.717) is 17.8 Å². The average Bonchev–Trinajstić information content (AvgIpc) is 3.01. The van der Waals surface area contributed by atoms with Crippen molar-refractivity contribution in [3.05, 3.63) is 34.8 Å². The number of para-hydroxylation sites is 2. The molecule has 0 N–H and O–H groups in total. The zero-order chi connectivity index (χ0) is 14.8. The third-order valence-corrected chi connectivity index (χ3v) is 4.38. The van der Waals surface area contributed by atoms with Gasteiger partial charge in [-0.05, 0) is 36.5 Å². The maximum atomic E-state index is 12.9. The van der Waals surface area contributed by atoms with Gasteiger partial charge in [0.1, 0.15) is 16.7 Å². The van der Waals surface area contributed by atoms with Crippen LogP contribution in [0.5, 0.6) is 5.75 Å². The van der Waals surface area contributed by atoms with Crippen molar-refractivity contribution >= 4 is 23.1 Å². The summed E-state index contributed by atoms with van der Waals surface area (Å²) in [5.41, 5.74) is 1.59. The lowest BCUT2D eigenvalue weighted by Gasteiger charge is -2.34. The first kappa shape index (κ1) is 14.0. The Morgan fingerprint density at radius 3 is 3.00 bits per heavy atom. The largest absolute Gasteiger partial charge is 0.486 e. The van der Waals surface area contributed by atoms with Gasteiger partial charge >= 0.3 is 0 Å². The van der Waals surface area contributed by atoms with Crippen molar-refractivity contribution in [1.82, 2.24) is 9.59 Å². The Kier molecular flexibility index (Phi) is 3.88. The molecule has 0 saturated heterocycles. The Balaban J connectivity index is 1.99. The van der Waals surface area contributed by atoms with E-state index in [-0.39, 0.29) is 12.0 Å². The van der Waals surface area contributed by atoms with Gasteiger partial charge in [0.05, 0.1) is 17.9 Å². The van der Waals surface area contributed by atoms with Crippen LogP contribution in [0.3, 0.4) is 0 Å². The van der Waals surface area contributed by atoms with Crippen LogP contribution in [0.4, 0.5) is 5.69 Å². The minimum absolute atomic E-state index is 0.0230. The summed E-state index contributed by atoms with van der Waals surface area (Å²) in [7, 11) is 0. The molecule has 110 valence electrons. The first-order valence-corrected chi connectivity index (χ1v) is 7.90. The molecule has 0 aliphatic carbocycles. The SMILES string of the molecule is CCc1nnsc1C(=O)N1CC(CC)Oc2ccccc21. The normalized spacial score (nSPS) is 17.2. The van der Waals surface area contributed by atoms with Crippen molar-refractivity contribution in [2.45, 2.75) is 32.8 Å².